The molecule has 0 bridgehead atoms. The SMILES string of the molecule is CC(=O)C(C)[C-]=O.[Rf]. The van der Waals surface area contributed by atoms with E-state index in [-0.39, 0.29) is 5.78 Å². The van der Waals surface area contributed by atoms with Gasteiger partial charge in [-0.25, -0.2) is 0 Å². The van der Waals surface area contributed by atoms with Crippen LogP contribution in [-0.2, 0) is 9.59 Å². The molecule has 0 heterocycles. The molecule has 0 radical (unpaired) electrons. The van der Waals surface area contributed by atoms with Crippen molar-refractivity contribution in [3.63, 3.8) is 0 Å². The van der Waals surface area contributed by atoms with Crippen molar-refractivity contribution in [2.45, 2.75) is 13.8 Å². The summed E-state index contributed by atoms with van der Waals surface area (Å²) in [6, 6.07) is 0. The van der Waals surface area contributed by atoms with Crippen molar-refractivity contribution in [3.05, 3.63) is 0 Å². The fourth-order valence-corrected chi connectivity index (χ4v) is 0.0830. The second-order valence-electron chi connectivity index (χ2n) is 1.45. The van der Waals surface area contributed by atoms with Crippen molar-refractivity contribution in [3.8, 4) is 0 Å². The van der Waals surface area contributed by atoms with E-state index in [0.717, 1.165) is 0 Å². The van der Waals surface area contributed by atoms with E-state index in [1.807, 2.05) is 0 Å². The molecule has 0 amide bonds. The second kappa shape index (κ2) is 3.53. The van der Waals surface area contributed by atoms with E-state index in [4.69, 9.17) is 0 Å². The summed E-state index contributed by atoms with van der Waals surface area (Å²) < 4.78 is 0. The van der Waals surface area contributed by atoms with Crippen LogP contribution in [0.15, 0.2) is 0 Å². The van der Waals surface area contributed by atoms with E-state index in [1.54, 1.807) is 6.29 Å². The van der Waals surface area contributed by atoms with Crippen LogP contribution in [0.3, 0.4) is 0 Å². The summed E-state index contributed by atoms with van der Waals surface area (Å²) in [4.78, 5) is 19.7. The zero-order valence-electron chi connectivity index (χ0n) is 5.10. The molecule has 0 aromatic rings. The molecular formula is C5H7O2Rf-. The van der Waals surface area contributed by atoms with Gasteiger partial charge in [0, 0.05) is 0 Å². The molecule has 1 unspecified atom stereocenters. The van der Waals surface area contributed by atoms with Gasteiger partial charge in [-0.15, -0.1) is 0 Å². The van der Waals surface area contributed by atoms with Crippen LogP contribution < -0.4 is 0 Å². The Labute approximate surface area is 42.5 Å². The Morgan fingerprint density at radius 3 is 2.00 bits per heavy atom. The molecule has 1 atom stereocenters. The summed E-state index contributed by atoms with van der Waals surface area (Å²) in [5, 5.41) is 0. The first kappa shape index (κ1) is 9.60. The fourth-order valence-electron chi connectivity index (χ4n) is 0.0830. The fraction of sp³-hybridized carbons (Fsp3) is 0.600. The number of carbonyl (C=O) groups is 1. The molecule has 0 spiro atoms. The molecule has 0 rings (SSSR count). The third-order valence-corrected chi connectivity index (χ3v) is 0.787. The third kappa shape index (κ3) is 2.57. The van der Waals surface area contributed by atoms with Gasteiger partial charge >= 0.3 is 0 Å². The largest absolute Gasteiger partial charge is 0.541 e. The Hall–Kier alpha value is -1.66. The Morgan fingerprint density at radius 1 is 1.62 bits per heavy atom. The second-order valence-corrected chi connectivity index (χ2v) is 1.45. The average Bonchev–Trinajstić information content (AvgIpc) is 1.65. The number of ketones is 1. The molecule has 0 saturated heterocycles. The third-order valence-electron chi connectivity index (χ3n) is 0.787. The molecule has 0 aromatic carbocycles. The Morgan fingerprint density at radius 2 is 2.00 bits per heavy atom. The number of carbonyl (C=O) groups excluding carboxylic acids is 2. The van der Waals surface area contributed by atoms with Gasteiger partial charge < -0.3 is 9.59 Å². The minimum absolute atomic E-state index is 0. The smallest absolute Gasteiger partial charge is 0.106 e. The van der Waals surface area contributed by atoms with Crippen LogP contribution >= 0.6 is 0 Å². The molecule has 2 nitrogen and oxygen atoms in total. The number of Topliss-reactive ketones (excluding diaryl/α,β-unsaturated/α-hetero) is 1. The molecule has 0 aliphatic carbocycles. The van der Waals surface area contributed by atoms with Gasteiger partial charge in [-0.2, -0.15) is 0 Å². The van der Waals surface area contributed by atoms with Crippen molar-refractivity contribution in [1.82, 2.24) is 0 Å². The van der Waals surface area contributed by atoms with Gasteiger partial charge in [-0.1, -0.05) is 12.8 Å². The summed E-state index contributed by atoms with van der Waals surface area (Å²) in [5.41, 5.74) is 0. The van der Waals surface area contributed by atoms with E-state index >= 15 is 0 Å². The van der Waals surface area contributed by atoms with Crippen molar-refractivity contribution in [2.75, 3.05) is 0 Å². The van der Waals surface area contributed by atoms with Gasteiger partial charge in [0.2, 0.25) is 0 Å². The normalized spacial score (nSPS) is 11.2. The average molecular weight is 366 g/mol. The molecule has 42 valence electrons. The van der Waals surface area contributed by atoms with Crippen LogP contribution in [0.25, 0.3) is 0 Å². The first-order valence-corrected chi connectivity index (χ1v) is 2.06. The summed E-state index contributed by atoms with van der Waals surface area (Å²) in [7, 11) is 0. The van der Waals surface area contributed by atoms with Crippen molar-refractivity contribution in [2.24, 2.45) is 5.92 Å². The van der Waals surface area contributed by atoms with Gasteiger partial charge in [0.05, 0.1) is 0 Å². The molecule has 8 heavy (non-hydrogen) atoms. The van der Waals surface area contributed by atoms with Gasteiger partial charge in [-0.3, -0.25) is 6.29 Å². The zero-order valence-corrected chi connectivity index (χ0v) is 11.5. The van der Waals surface area contributed by atoms with E-state index in [1.165, 1.54) is 13.8 Å². The summed E-state index contributed by atoms with van der Waals surface area (Å²) in [5.74, 6) is -0.671. The Bertz CT molecular complexity index is 90.4. The number of hydrogen-bond acceptors (Lipinski definition) is 2. The van der Waals surface area contributed by atoms with Gasteiger partial charge in [0.25, 0.3) is 0 Å². The van der Waals surface area contributed by atoms with Gasteiger partial charge in [0.1, 0.15) is 5.78 Å². The maximum absolute atomic E-state index is 10.1. The van der Waals surface area contributed by atoms with Gasteiger partial charge in [0.15, 0.2) is 0 Å². The predicted molar refractivity (Wildman–Crippen MR) is 25.5 cm³/mol. The van der Waals surface area contributed by atoms with E-state index in [2.05, 4.69) is 0 Å². The summed E-state index contributed by atoms with van der Waals surface area (Å²) in [6.07, 6.45) is 1.56. The summed E-state index contributed by atoms with van der Waals surface area (Å²) in [6.45, 7) is 2.89. The van der Waals surface area contributed by atoms with Crippen LogP contribution in [0, 0.1) is 5.92 Å². The quantitative estimate of drug-likeness (QED) is 0.521. The summed E-state index contributed by atoms with van der Waals surface area (Å²) >= 11 is 0. The predicted octanol–water partition coefficient (Wildman–Crippen LogP) is 0.321. The van der Waals surface area contributed by atoms with Crippen LogP contribution in [0.4, 0.5) is 0 Å². The maximum atomic E-state index is 10.1. The first-order valence-electron chi connectivity index (χ1n) is 2.06. The molecule has 0 fully saturated rings. The van der Waals surface area contributed by atoms with E-state index in [9.17, 15) is 9.59 Å². The van der Waals surface area contributed by atoms with Gasteiger partial charge in [-0.05, 0) is 6.92 Å². The standard InChI is InChI=1S/C5H7O2.Rf/c1-4(3-6)5(2)7;/h4H,1-2H3;/q-1;. The number of rotatable bonds is 2. The van der Waals surface area contributed by atoms with Crippen LogP contribution in [-0.4, -0.2) is 12.1 Å². The molecule has 3 heteroatoms. The molecule has 0 N–H and O–H groups in total. The van der Waals surface area contributed by atoms with Crippen molar-refractivity contribution < 1.29 is 9.59 Å². The monoisotopic (exact) mass is 366 g/mol. The Kier molecular flexibility index (Phi) is 4.23. The molecular weight excluding hydrogens is 359 g/mol. The van der Waals surface area contributed by atoms with Crippen LogP contribution in [0.5, 0.6) is 0 Å². The van der Waals surface area contributed by atoms with Crippen molar-refractivity contribution in [1.29, 1.82) is 0 Å². The minimum atomic E-state index is -0.542. The Balaban J connectivity index is 0. The minimum Gasteiger partial charge on any atom is -0.541 e. The maximum Gasteiger partial charge on any atom is 0.106 e. The molecule has 0 aliphatic rings. The van der Waals surface area contributed by atoms with Crippen molar-refractivity contribution >= 4 is 12.1 Å². The molecule has 0 aliphatic heterocycles. The van der Waals surface area contributed by atoms with E-state index in [0.29, 0.717) is 0 Å². The topological polar surface area (TPSA) is 34.1 Å². The molecule has 0 saturated carbocycles. The molecule has 0 aromatic heterocycles. The first-order chi connectivity index (χ1) is 3.18. The van der Waals surface area contributed by atoms with E-state index < -0.39 is 5.92 Å². The zero-order chi connectivity index (χ0) is 5.86. The van der Waals surface area contributed by atoms with Crippen LogP contribution in [0.1, 0.15) is 13.8 Å². The van der Waals surface area contributed by atoms with Crippen LogP contribution in [0.2, 0.25) is 0 Å². The number of hydrogen-bond donors (Lipinski definition) is 0.